The summed E-state index contributed by atoms with van der Waals surface area (Å²) in [4.78, 5) is 44.0. The van der Waals surface area contributed by atoms with E-state index in [1.807, 2.05) is 54.6 Å². The maximum Gasteiger partial charge on any atom is 0.308 e. The van der Waals surface area contributed by atoms with Crippen molar-refractivity contribution in [3.05, 3.63) is 88.0 Å². The van der Waals surface area contributed by atoms with Crippen molar-refractivity contribution in [3.8, 4) is 0 Å². The van der Waals surface area contributed by atoms with Gasteiger partial charge in [0.1, 0.15) is 6.61 Å². The molecule has 1 amide bonds. The number of benzene rings is 2. The molecule has 0 unspecified atom stereocenters. The second-order valence-corrected chi connectivity index (χ2v) is 8.53. The van der Waals surface area contributed by atoms with Crippen molar-refractivity contribution >= 4 is 44.5 Å². The van der Waals surface area contributed by atoms with Gasteiger partial charge in [-0.05, 0) is 29.3 Å². The van der Waals surface area contributed by atoms with Crippen LogP contribution in [0.3, 0.4) is 0 Å². The first-order valence-electron chi connectivity index (χ1n) is 10.1. The molecule has 160 valence electrons. The number of amides is 1. The third-order valence-corrected chi connectivity index (χ3v) is 6.48. The largest absolute Gasteiger partial charge is 0.459 e. The SMILES string of the molecule is CC(=O)N1C=Cc2ccccc2[C@H]1CC(=O)OCc1cc(=O)n2c(n1)sc1ccccc12. The molecule has 4 aromatic rings. The second kappa shape index (κ2) is 8.05. The van der Waals surface area contributed by atoms with Crippen LogP contribution in [0.4, 0.5) is 0 Å². The highest BCUT2D eigenvalue weighted by atomic mass is 32.1. The van der Waals surface area contributed by atoms with Crippen LogP contribution in [-0.2, 0) is 20.9 Å². The highest BCUT2D eigenvalue weighted by Crippen LogP contribution is 2.33. The van der Waals surface area contributed by atoms with Crippen LogP contribution < -0.4 is 5.56 Å². The molecule has 8 heteroatoms. The van der Waals surface area contributed by atoms with E-state index in [-0.39, 0.29) is 24.5 Å². The maximum absolute atomic E-state index is 12.7. The number of hydrogen-bond acceptors (Lipinski definition) is 6. The molecule has 2 aromatic carbocycles. The maximum atomic E-state index is 12.7. The predicted molar refractivity (Wildman–Crippen MR) is 122 cm³/mol. The lowest BCUT2D eigenvalue weighted by Gasteiger charge is -2.32. The van der Waals surface area contributed by atoms with Gasteiger partial charge in [-0.3, -0.25) is 18.8 Å². The molecule has 0 spiro atoms. The number of carbonyl (C=O) groups excluding carboxylic acids is 2. The van der Waals surface area contributed by atoms with Gasteiger partial charge in [-0.15, -0.1) is 0 Å². The molecule has 1 aliphatic heterocycles. The van der Waals surface area contributed by atoms with Crippen LogP contribution in [0.1, 0.15) is 36.2 Å². The Morgan fingerprint density at radius 3 is 2.75 bits per heavy atom. The predicted octanol–water partition coefficient (Wildman–Crippen LogP) is 3.92. The van der Waals surface area contributed by atoms with Crippen LogP contribution in [0.5, 0.6) is 0 Å². The van der Waals surface area contributed by atoms with Crippen LogP contribution in [0, 0.1) is 0 Å². The van der Waals surface area contributed by atoms with Crippen molar-refractivity contribution in [2.45, 2.75) is 26.0 Å². The molecule has 0 saturated carbocycles. The normalized spacial score (nSPS) is 15.2. The average molecular weight is 446 g/mol. The zero-order chi connectivity index (χ0) is 22.2. The van der Waals surface area contributed by atoms with E-state index >= 15 is 0 Å². The number of aromatic nitrogens is 2. The van der Waals surface area contributed by atoms with E-state index in [0.29, 0.717) is 10.7 Å². The fourth-order valence-corrected chi connectivity index (χ4v) is 5.03. The molecular weight excluding hydrogens is 426 g/mol. The summed E-state index contributed by atoms with van der Waals surface area (Å²) in [6.07, 6.45) is 3.56. The second-order valence-electron chi connectivity index (χ2n) is 7.53. The third kappa shape index (κ3) is 3.58. The summed E-state index contributed by atoms with van der Waals surface area (Å²) in [7, 11) is 0. The molecule has 2 aromatic heterocycles. The quantitative estimate of drug-likeness (QED) is 0.445. The molecule has 0 N–H and O–H groups in total. The highest BCUT2D eigenvalue weighted by Gasteiger charge is 2.28. The van der Waals surface area contributed by atoms with Crippen molar-refractivity contribution in [1.29, 1.82) is 0 Å². The van der Waals surface area contributed by atoms with Gasteiger partial charge in [-0.1, -0.05) is 47.7 Å². The molecule has 1 atom stereocenters. The topological polar surface area (TPSA) is 81.0 Å². The van der Waals surface area contributed by atoms with Crippen molar-refractivity contribution in [3.63, 3.8) is 0 Å². The van der Waals surface area contributed by atoms with Gasteiger partial charge in [0.15, 0.2) is 4.96 Å². The Labute approximate surface area is 187 Å². The average Bonchev–Trinajstić information content (AvgIpc) is 3.16. The lowest BCUT2D eigenvalue weighted by Crippen LogP contribution is -2.32. The van der Waals surface area contributed by atoms with Gasteiger partial charge < -0.3 is 9.64 Å². The fourth-order valence-electron chi connectivity index (χ4n) is 3.98. The number of carbonyl (C=O) groups is 2. The molecule has 0 fully saturated rings. The van der Waals surface area contributed by atoms with E-state index in [0.717, 1.165) is 21.3 Å². The van der Waals surface area contributed by atoms with Gasteiger partial charge >= 0.3 is 5.97 Å². The zero-order valence-electron chi connectivity index (χ0n) is 17.2. The van der Waals surface area contributed by atoms with Crippen molar-refractivity contribution in [1.82, 2.24) is 14.3 Å². The summed E-state index contributed by atoms with van der Waals surface area (Å²) in [6.45, 7) is 1.36. The minimum atomic E-state index is -0.468. The van der Waals surface area contributed by atoms with E-state index in [4.69, 9.17) is 4.74 Å². The smallest absolute Gasteiger partial charge is 0.308 e. The molecule has 1 aliphatic rings. The standard InChI is InChI=1S/C24H19N3O4S/c1-15(28)26-11-10-16-6-2-3-7-18(16)20(26)13-23(30)31-14-17-12-22(29)27-19-8-4-5-9-21(19)32-24(27)25-17/h2-12,20H,13-14H2,1H3/t20-/m1/s1. The van der Waals surface area contributed by atoms with Gasteiger partial charge in [0, 0.05) is 19.2 Å². The Kier molecular flexibility index (Phi) is 5.07. The van der Waals surface area contributed by atoms with Crippen LogP contribution in [0.15, 0.2) is 65.6 Å². The van der Waals surface area contributed by atoms with Gasteiger partial charge in [0.25, 0.3) is 5.56 Å². The van der Waals surface area contributed by atoms with E-state index in [2.05, 4.69) is 4.98 Å². The number of hydrogen-bond donors (Lipinski definition) is 0. The van der Waals surface area contributed by atoms with Crippen LogP contribution in [0.25, 0.3) is 21.3 Å². The summed E-state index contributed by atoms with van der Waals surface area (Å²) in [6, 6.07) is 16.2. The van der Waals surface area contributed by atoms with Gasteiger partial charge in [0.2, 0.25) is 5.91 Å². The molecular formula is C24H19N3O4S. The summed E-state index contributed by atoms with van der Waals surface area (Å²) in [5.74, 6) is -0.622. The van der Waals surface area contributed by atoms with Crippen molar-refractivity contribution < 1.29 is 14.3 Å². The Hall–Kier alpha value is -3.78. The Morgan fingerprint density at radius 2 is 1.91 bits per heavy atom. The van der Waals surface area contributed by atoms with E-state index in [1.54, 1.807) is 10.6 Å². The first-order chi connectivity index (χ1) is 15.5. The van der Waals surface area contributed by atoms with Gasteiger partial charge in [0.05, 0.1) is 28.4 Å². The fraction of sp³-hybridized carbons (Fsp3) is 0.167. The number of thiazole rings is 1. The summed E-state index contributed by atoms with van der Waals surface area (Å²) >= 11 is 1.41. The molecule has 0 bridgehead atoms. The monoisotopic (exact) mass is 445 g/mol. The third-order valence-electron chi connectivity index (χ3n) is 5.46. The number of fused-ring (bicyclic) bond motifs is 4. The van der Waals surface area contributed by atoms with Gasteiger partial charge in [-0.25, -0.2) is 4.98 Å². The molecule has 3 heterocycles. The van der Waals surface area contributed by atoms with Crippen LogP contribution >= 0.6 is 11.3 Å². The number of nitrogens with zero attached hydrogens (tertiary/aromatic N) is 3. The summed E-state index contributed by atoms with van der Waals surface area (Å²) < 4.78 is 7.96. The van der Waals surface area contributed by atoms with Crippen molar-refractivity contribution in [2.75, 3.05) is 0 Å². The first kappa shape index (κ1) is 20.1. The van der Waals surface area contributed by atoms with Crippen molar-refractivity contribution in [2.24, 2.45) is 0 Å². The zero-order valence-corrected chi connectivity index (χ0v) is 18.0. The highest BCUT2D eigenvalue weighted by molar-refractivity contribution is 7.23. The number of ether oxygens (including phenoxy) is 1. The molecule has 0 saturated heterocycles. The minimum absolute atomic E-state index is 0.00501. The first-order valence-corrected chi connectivity index (χ1v) is 10.9. The number of esters is 1. The van der Waals surface area contributed by atoms with Gasteiger partial charge in [-0.2, -0.15) is 0 Å². The van der Waals surface area contributed by atoms with E-state index < -0.39 is 12.0 Å². The summed E-state index contributed by atoms with van der Waals surface area (Å²) in [5, 5.41) is 0. The Morgan fingerprint density at radius 1 is 1.12 bits per heavy atom. The molecule has 0 aliphatic carbocycles. The Bertz CT molecular complexity index is 1450. The minimum Gasteiger partial charge on any atom is -0.459 e. The number of para-hydroxylation sites is 1. The van der Waals surface area contributed by atoms with Crippen LogP contribution in [-0.4, -0.2) is 26.2 Å². The molecule has 7 nitrogen and oxygen atoms in total. The lowest BCUT2D eigenvalue weighted by atomic mass is 9.94. The van der Waals surface area contributed by atoms with E-state index in [1.165, 1.54) is 29.2 Å². The molecule has 5 rings (SSSR count). The summed E-state index contributed by atoms with van der Waals surface area (Å²) in [5.41, 5.74) is 2.84. The molecule has 32 heavy (non-hydrogen) atoms. The Balaban J connectivity index is 1.35. The van der Waals surface area contributed by atoms with Crippen LogP contribution in [0.2, 0.25) is 0 Å². The molecule has 0 radical (unpaired) electrons. The van der Waals surface area contributed by atoms with E-state index in [9.17, 15) is 14.4 Å². The lowest BCUT2D eigenvalue weighted by molar-refractivity contribution is -0.147. The number of rotatable bonds is 4.